The molecule has 1 aromatic heterocycles. The van der Waals surface area contributed by atoms with Gasteiger partial charge in [0.25, 0.3) is 0 Å². The third kappa shape index (κ3) is 2.37. The molecule has 2 aromatic rings. The first-order chi connectivity index (χ1) is 8.63. The van der Waals surface area contributed by atoms with E-state index >= 15 is 0 Å². The van der Waals surface area contributed by atoms with E-state index in [2.05, 4.69) is 10.3 Å². The van der Waals surface area contributed by atoms with Gasteiger partial charge in [-0.3, -0.25) is 0 Å². The van der Waals surface area contributed by atoms with Gasteiger partial charge in [0.15, 0.2) is 0 Å². The maximum Gasteiger partial charge on any atom is 0.337 e. The van der Waals surface area contributed by atoms with Crippen LogP contribution in [-0.4, -0.2) is 34.3 Å². The van der Waals surface area contributed by atoms with Crippen LogP contribution >= 0.6 is 11.6 Å². The highest BCUT2D eigenvalue weighted by atomic mass is 35.5. The molecule has 2 rings (SSSR count). The molecule has 1 aromatic carbocycles. The van der Waals surface area contributed by atoms with Gasteiger partial charge in [-0.2, -0.15) is 0 Å². The molecule has 0 aliphatic heterocycles. The summed E-state index contributed by atoms with van der Waals surface area (Å²) in [4.78, 5) is 15.4. The highest BCUT2D eigenvalue weighted by Crippen LogP contribution is 2.26. The molecule has 0 bridgehead atoms. The average Bonchev–Trinajstić information content (AvgIpc) is 2.35. The normalized spacial score (nSPS) is 10.6. The number of benzene rings is 1. The number of halogens is 1. The quantitative estimate of drug-likeness (QED) is 0.788. The lowest BCUT2D eigenvalue weighted by Crippen LogP contribution is -2.07. The molecule has 6 heteroatoms. The van der Waals surface area contributed by atoms with E-state index in [0.29, 0.717) is 23.3 Å². The Morgan fingerprint density at radius 3 is 2.78 bits per heavy atom. The summed E-state index contributed by atoms with van der Waals surface area (Å²) in [7, 11) is 0. The predicted octanol–water partition coefficient (Wildman–Crippen LogP) is 1.99. The Morgan fingerprint density at radius 1 is 1.33 bits per heavy atom. The van der Waals surface area contributed by atoms with Gasteiger partial charge in [-0.1, -0.05) is 11.6 Å². The molecule has 0 radical (unpaired) electrons. The number of nitrogens with one attached hydrogen (secondary N) is 1. The van der Waals surface area contributed by atoms with Gasteiger partial charge in [-0.15, -0.1) is 0 Å². The Labute approximate surface area is 108 Å². The van der Waals surface area contributed by atoms with Crippen LogP contribution < -0.4 is 5.32 Å². The molecule has 0 saturated heterocycles. The first-order valence-corrected chi connectivity index (χ1v) is 5.68. The number of fused-ring (bicyclic) bond motifs is 1. The number of hydrogen-bond donors (Lipinski definition) is 3. The third-order valence-corrected chi connectivity index (χ3v) is 2.77. The summed E-state index contributed by atoms with van der Waals surface area (Å²) < 4.78 is 0. The molecule has 0 aliphatic carbocycles. The molecule has 5 nitrogen and oxygen atoms in total. The second-order valence-electron chi connectivity index (χ2n) is 3.64. The summed E-state index contributed by atoms with van der Waals surface area (Å²) >= 11 is 5.86. The van der Waals surface area contributed by atoms with Crippen LogP contribution in [0.2, 0.25) is 5.02 Å². The summed E-state index contributed by atoms with van der Waals surface area (Å²) in [5, 5.41) is 21.4. The SMILES string of the molecule is O=C(O)c1c(Cl)ccc2nc(NCCO)ccc12. The van der Waals surface area contributed by atoms with E-state index in [1.807, 2.05) is 0 Å². The number of anilines is 1. The molecule has 0 saturated carbocycles. The van der Waals surface area contributed by atoms with E-state index in [1.165, 1.54) is 6.07 Å². The zero-order chi connectivity index (χ0) is 13.1. The van der Waals surface area contributed by atoms with Crippen molar-refractivity contribution in [2.45, 2.75) is 0 Å². The van der Waals surface area contributed by atoms with E-state index in [0.717, 1.165) is 0 Å². The molecule has 0 aliphatic rings. The molecule has 0 amide bonds. The molecule has 18 heavy (non-hydrogen) atoms. The van der Waals surface area contributed by atoms with Crippen LogP contribution in [-0.2, 0) is 0 Å². The van der Waals surface area contributed by atoms with Gasteiger partial charge in [-0.05, 0) is 24.3 Å². The highest BCUT2D eigenvalue weighted by molar-refractivity contribution is 6.35. The maximum atomic E-state index is 11.1. The Hall–Kier alpha value is -1.85. The number of carboxylic acids is 1. The number of carbonyl (C=O) groups is 1. The van der Waals surface area contributed by atoms with Gasteiger partial charge in [-0.25, -0.2) is 9.78 Å². The summed E-state index contributed by atoms with van der Waals surface area (Å²) in [6, 6.07) is 6.47. The van der Waals surface area contributed by atoms with Crippen LogP contribution in [0.5, 0.6) is 0 Å². The number of aromatic nitrogens is 1. The number of hydrogen-bond acceptors (Lipinski definition) is 4. The van der Waals surface area contributed by atoms with Crippen molar-refractivity contribution in [3.8, 4) is 0 Å². The molecule has 0 spiro atoms. The number of aliphatic hydroxyl groups is 1. The van der Waals surface area contributed by atoms with Crippen molar-refractivity contribution in [1.29, 1.82) is 0 Å². The maximum absolute atomic E-state index is 11.1. The van der Waals surface area contributed by atoms with E-state index in [-0.39, 0.29) is 17.2 Å². The number of carboxylic acid groups (broad SMARTS) is 1. The molecule has 0 unspecified atom stereocenters. The van der Waals surface area contributed by atoms with Crippen molar-refractivity contribution in [2.24, 2.45) is 0 Å². The summed E-state index contributed by atoms with van der Waals surface area (Å²) in [6.45, 7) is 0.387. The number of rotatable bonds is 4. The summed E-state index contributed by atoms with van der Waals surface area (Å²) in [5.41, 5.74) is 0.593. The van der Waals surface area contributed by atoms with Crippen LogP contribution in [0.15, 0.2) is 24.3 Å². The standard InChI is InChI=1S/C12H11ClN2O3/c13-8-2-3-9-7(11(8)12(17)18)1-4-10(15-9)14-5-6-16/h1-4,16H,5-6H2,(H,14,15)(H,17,18). The lowest BCUT2D eigenvalue weighted by atomic mass is 10.1. The van der Waals surface area contributed by atoms with Crippen molar-refractivity contribution in [3.05, 3.63) is 34.9 Å². The minimum Gasteiger partial charge on any atom is -0.478 e. The minimum absolute atomic E-state index is 0.000705. The van der Waals surface area contributed by atoms with Gasteiger partial charge < -0.3 is 15.5 Å². The van der Waals surface area contributed by atoms with E-state index < -0.39 is 5.97 Å². The van der Waals surface area contributed by atoms with Gasteiger partial charge >= 0.3 is 5.97 Å². The van der Waals surface area contributed by atoms with Crippen molar-refractivity contribution in [2.75, 3.05) is 18.5 Å². The van der Waals surface area contributed by atoms with Crippen molar-refractivity contribution in [1.82, 2.24) is 4.98 Å². The topological polar surface area (TPSA) is 82.5 Å². The fourth-order valence-corrected chi connectivity index (χ4v) is 1.92. The lowest BCUT2D eigenvalue weighted by Gasteiger charge is -2.07. The Bertz CT molecular complexity index is 601. The molecule has 0 atom stereocenters. The largest absolute Gasteiger partial charge is 0.478 e. The zero-order valence-corrected chi connectivity index (χ0v) is 10.1. The predicted molar refractivity (Wildman–Crippen MR) is 69.3 cm³/mol. The zero-order valence-electron chi connectivity index (χ0n) is 9.35. The fraction of sp³-hybridized carbons (Fsp3) is 0.167. The van der Waals surface area contributed by atoms with Crippen LogP contribution in [0.1, 0.15) is 10.4 Å². The highest BCUT2D eigenvalue weighted by Gasteiger charge is 2.14. The van der Waals surface area contributed by atoms with Crippen molar-refractivity contribution < 1.29 is 15.0 Å². The molecule has 0 fully saturated rings. The minimum atomic E-state index is -1.08. The second kappa shape index (κ2) is 5.20. The lowest BCUT2D eigenvalue weighted by molar-refractivity contribution is 0.0699. The van der Waals surface area contributed by atoms with Gasteiger partial charge in [0.1, 0.15) is 5.82 Å². The molecule has 3 N–H and O–H groups in total. The Kier molecular flexibility index (Phi) is 3.64. The van der Waals surface area contributed by atoms with Gasteiger partial charge in [0.2, 0.25) is 0 Å². The molecular formula is C12H11ClN2O3. The van der Waals surface area contributed by atoms with Crippen LogP contribution in [0.3, 0.4) is 0 Å². The van der Waals surface area contributed by atoms with E-state index in [9.17, 15) is 4.79 Å². The summed E-state index contributed by atoms with van der Waals surface area (Å²) in [6.07, 6.45) is 0. The first kappa shape index (κ1) is 12.6. The Morgan fingerprint density at radius 2 is 2.11 bits per heavy atom. The van der Waals surface area contributed by atoms with Gasteiger partial charge in [0, 0.05) is 11.9 Å². The van der Waals surface area contributed by atoms with Crippen molar-refractivity contribution >= 4 is 34.3 Å². The second-order valence-corrected chi connectivity index (χ2v) is 4.05. The molecule has 1 heterocycles. The van der Waals surface area contributed by atoms with Gasteiger partial charge in [0.05, 0.1) is 22.7 Å². The number of nitrogens with zero attached hydrogens (tertiary/aromatic N) is 1. The smallest absolute Gasteiger partial charge is 0.337 e. The van der Waals surface area contributed by atoms with Crippen LogP contribution in [0, 0.1) is 0 Å². The van der Waals surface area contributed by atoms with Crippen molar-refractivity contribution in [3.63, 3.8) is 0 Å². The Balaban J connectivity index is 2.53. The first-order valence-electron chi connectivity index (χ1n) is 5.31. The molecular weight excluding hydrogens is 256 g/mol. The van der Waals surface area contributed by atoms with Crippen LogP contribution in [0.25, 0.3) is 10.9 Å². The number of aromatic carboxylic acids is 1. The average molecular weight is 267 g/mol. The molecule has 94 valence electrons. The van der Waals surface area contributed by atoms with E-state index in [1.54, 1.807) is 18.2 Å². The number of aliphatic hydroxyl groups excluding tert-OH is 1. The van der Waals surface area contributed by atoms with E-state index in [4.69, 9.17) is 21.8 Å². The summed E-state index contributed by atoms with van der Waals surface area (Å²) in [5.74, 6) is -0.501. The number of pyridine rings is 1. The van der Waals surface area contributed by atoms with Crippen LogP contribution in [0.4, 0.5) is 5.82 Å². The fourth-order valence-electron chi connectivity index (χ4n) is 1.68. The monoisotopic (exact) mass is 266 g/mol. The third-order valence-electron chi connectivity index (χ3n) is 2.45.